The first kappa shape index (κ1) is 19.1. The second-order valence-corrected chi connectivity index (χ2v) is 6.07. The fraction of sp³-hybridized carbons (Fsp3) is 0.0909. The number of rotatable bonds is 4. The van der Waals surface area contributed by atoms with Gasteiger partial charge in [-0.2, -0.15) is 10.5 Å². The third kappa shape index (κ3) is 3.45. The van der Waals surface area contributed by atoms with E-state index in [1.54, 1.807) is 0 Å². The molecule has 0 aliphatic rings. The van der Waals surface area contributed by atoms with E-state index in [0.29, 0.717) is 11.1 Å². The molecular weight excluding hydrogens is 368 g/mol. The van der Waals surface area contributed by atoms with E-state index in [0.717, 1.165) is 0 Å². The highest BCUT2D eigenvalue weighted by Crippen LogP contribution is 2.37. The highest BCUT2D eigenvalue weighted by atomic mass is 19.2. The lowest BCUT2D eigenvalue weighted by Gasteiger charge is -2.13. The van der Waals surface area contributed by atoms with Crippen molar-refractivity contribution < 1.29 is 17.6 Å². The van der Waals surface area contributed by atoms with Crippen molar-refractivity contribution in [2.75, 3.05) is 0 Å². The summed E-state index contributed by atoms with van der Waals surface area (Å²) in [5.41, 5.74) is -0.452. The zero-order chi connectivity index (χ0) is 20.3. The molecule has 0 fully saturated rings. The van der Waals surface area contributed by atoms with Crippen LogP contribution in [0.15, 0.2) is 48.5 Å². The van der Waals surface area contributed by atoms with Crippen LogP contribution in [0.5, 0.6) is 0 Å². The molecule has 0 saturated heterocycles. The van der Waals surface area contributed by atoms with Gasteiger partial charge in [0.05, 0.1) is 36.1 Å². The number of nitrogens with zero attached hydrogens (tertiary/aromatic N) is 2. The quantitative estimate of drug-likeness (QED) is 0.430. The molecule has 0 bridgehead atoms. The van der Waals surface area contributed by atoms with E-state index in [4.69, 9.17) is 10.5 Å². The van der Waals surface area contributed by atoms with Crippen LogP contribution in [0.3, 0.4) is 0 Å². The van der Waals surface area contributed by atoms with Crippen molar-refractivity contribution in [1.29, 1.82) is 10.5 Å². The maximum absolute atomic E-state index is 14.6. The number of hydrogen-bond acceptors (Lipinski definition) is 2. The Morgan fingerprint density at radius 3 is 1.07 bits per heavy atom. The molecule has 3 rings (SSSR count). The summed E-state index contributed by atoms with van der Waals surface area (Å²) in [6.07, 6.45) is 0.212. The lowest BCUT2D eigenvalue weighted by molar-refractivity contribution is 0.463. The lowest BCUT2D eigenvalue weighted by Crippen LogP contribution is -2.03. The fourth-order valence-corrected chi connectivity index (χ4v) is 2.90. The number of halogens is 4. The monoisotopic (exact) mass is 380 g/mol. The maximum Gasteiger partial charge on any atom is 0.170 e. The van der Waals surface area contributed by atoms with Gasteiger partial charge >= 0.3 is 0 Å². The molecular formula is C22H12F4N2. The largest absolute Gasteiger partial charge is 0.203 e. The van der Waals surface area contributed by atoms with Crippen LogP contribution in [0.1, 0.15) is 11.1 Å². The Bertz CT molecular complexity index is 986. The van der Waals surface area contributed by atoms with Crippen LogP contribution in [-0.4, -0.2) is 0 Å². The van der Waals surface area contributed by atoms with Gasteiger partial charge in [-0.15, -0.1) is 0 Å². The summed E-state index contributed by atoms with van der Waals surface area (Å²) in [7, 11) is 0. The minimum Gasteiger partial charge on any atom is -0.203 e. The van der Waals surface area contributed by atoms with Crippen LogP contribution >= 0.6 is 0 Å². The highest BCUT2D eigenvalue weighted by Gasteiger charge is 2.27. The first-order valence-corrected chi connectivity index (χ1v) is 8.26. The highest BCUT2D eigenvalue weighted by molar-refractivity contribution is 5.73. The van der Waals surface area contributed by atoms with E-state index in [1.807, 2.05) is 12.1 Å². The Labute approximate surface area is 158 Å². The first-order chi connectivity index (χ1) is 13.5. The molecule has 2 nitrogen and oxygen atoms in total. The van der Waals surface area contributed by atoms with E-state index in [9.17, 15) is 17.6 Å². The molecule has 3 aromatic carbocycles. The van der Waals surface area contributed by atoms with Gasteiger partial charge in [-0.1, -0.05) is 48.5 Å². The first-order valence-electron chi connectivity index (χ1n) is 8.26. The predicted octanol–water partition coefficient (Wildman–Crippen LogP) is 5.71. The van der Waals surface area contributed by atoms with Crippen LogP contribution in [0.25, 0.3) is 22.3 Å². The SMILES string of the molecule is N#CCc1ccc(-c2c(F)c(F)c(-c3ccc(CC#N)cc3)c(F)c2F)cc1. The molecule has 0 aliphatic heterocycles. The Kier molecular flexibility index (Phi) is 5.42. The summed E-state index contributed by atoms with van der Waals surface area (Å²) >= 11 is 0. The molecule has 0 N–H and O–H groups in total. The second-order valence-electron chi connectivity index (χ2n) is 6.07. The third-order valence-corrected chi connectivity index (χ3v) is 4.31. The minimum atomic E-state index is -1.50. The van der Waals surface area contributed by atoms with E-state index in [2.05, 4.69) is 0 Å². The summed E-state index contributed by atoms with van der Waals surface area (Å²) in [5.74, 6) is -5.99. The van der Waals surface area contributed by atoms with Crippen LogP contribution in [0.4, 0.5) is 17.6 Å². The molecule has 0 heterocycles. The number of hydrogen-bond donors (Lipinski definition) is 0. The van der Waals surface area contributed by atoms with Gasteiger partial charge in [0.2, 0.25) is 0 Å². The predicted molar refractivity (Wildman–Crippen MR) is 95.8 cm³/mol. The number of benzene rings is 3. The topological polar surface area (TPSA) is 47.6 Å². The maximum atomic E-state index is 14.6. The average Bonchev–Trinajstić information content (AvgIpc) is 2.70. The summed E-state index contributed by atoms with van der Waals surface area (Å²) < 4.78 is 58.6. The number of nitriles is 2. The Morgan fingerprint density at radius 2 is 0.821 bits per heavy atom. The minimum absolute atomic E-state index is 0.0367. The van der Waals surface area contributed by atoms with Crippen molar-refractivity contribution in [1.82, 2.24) is 0 Å². The molecule has 138 valence electrons. The molecule has 28 heavy (non-hydrogen) atoms. The van der Waals surface area contributed by atoms with E-state index in [1.165, 1.54) is 48.5 Å². The zero-order valence-corrected chi connectivity index (χ0v) is 14.4. The standard InChI is InChI=1S/C22H12F4N2/c23-19-17(15-5-1-13(2-6-15)9-11-27)20(24)22(26)18(21(19)25)16-7-3-14(4-8-16)10-12-28/h1-8H,9-10H2. The van der Waals surface area contributed by atoms with Gasteiger partial charge in [0, 0.05) is 0 Å². The average molecular weight is 380 g/mol. The molecule has 0 aliphatic carbocycles. The molecule has 0 aromatic heterocycles. The molecule has 3 aromatic rings. The van der Waals surface area contributed by atoms with Crippen molar-refractivity contribution in [3.8, 4) is 34.4 Å². The van der Waals surface area contributed by atoms with E-state index in [-0.39, 0.29) is 24.0 Å². The van der Waals surface area contributed by atoms with Gasteiger partial charge in [0.1, 0.15) is 0 Å². The van der Waals surface area contributed by atoms with E-state index >= 15 is 0 Å². The normalized spacial score (nSPS) is 10.4. The fourth-order valence-electron chi connectivity index (χ4n) is 2.90. The summed E-state index contributed by atoms with van der Waals surface area (Å²) in [5, 5.41) is 17.3. The third-order valence-electron chi connectivity index (χ3n) is 4.31. The van der Waals surface area contributed by atoms with Gasteiger partial charge in [-0.25, -0.2) is 17.6 Å². The molecule has 0 spiro atoms. The summed E-state index contributed by atoms with van der Waals surface area (Å²) in [4.78, 5) is 0. The van der Waals surface area contributed by atoms with Crippen molar-refractivity contribution >= 4 is 0 Å². The molecule has 0 saturated carbocycles. The van der Waals surface area contributed by atoms with E-state index < -0.39 is 34.4 Å². The lowest BCUT2D eigenvalue weighted by atomic mass is 9.96. The van der Waals surface area contributed by atoms with Gasteiger partial charge in [-0.3, -0.25) is 0 Å². The van der Waals surface area contributed by atoms with Gasteiger partial charge < -0.3 is 0 Å². The van der Waals surface area contributed by atoms with Gasteiger partial charge in [-0.05, 0) is 22.3 Å². The molecule has 0 radical (unpaired) electrons. The Hall–Kier alpha value is -3.64. The molecule has 6 heteroatoms. The van der Waals surface area contributed by atoms with Crippen LogP contribution in [0.2, 0.25) is 0 Å². The molecule has 0 unspecified atom stereocenters. The van der Waals surface area contributed by atoms with Crippen LogP contribution < -0.4 is 0 Å². The Morgan fingerprint density at radius 1 is 0.536 bits per heavy atom. The molecule has 0 amide bonds. The second kappa shape index (κ2) is 7.94. The van der Waals surface area contributed by atoms with Crippen molar-refractivity contribution in [3.05, 3.63) is 82.9 Å². The molecule has 0 atom stereocenters. The summed E-state index contributed by atoms with van der Waals surface area (Å²) in [6, 6.07) is 15.0. The van der Waals surface area contributed by atoms with Gasteiger partial charge in [0.15, 0.2) is 23.3 Å². The Balaban J connectivity index is 2.12. The smallest absolute Gasteiger partial charge is 0.170 e. The zero-order valence-electron chi connectivity index (χ0n) is 14.4. The van der Waals surface area contributed by atoms with Crippen molar-refractivity contribution in [2.24, 2.45) is 0 Å². The van der Waals surface area contributed by atoms with Crippen molar-refractivity contribution in [3.63, 3.8) is 0 Å². The summed E-state index contributed by atoms with van der Waals surface area (Å²) in [6.45, 7) is 0. The van der Waals surface area contributed by atoms with Crippen molar-refractivity contribution in [2.45, 2.75) is 12.8 Å². The van der Waals surface area contributed by atoms with Crippen LogP contribution in [0, 0.1) is 45.9 Å². The van der Waals surface area contributed by atoms with Crippen LogP contribution in [-0.2, 0) is 12.8 Å². The van der Waals surface area contributed by atoms with Gasteiger partial charge in [0.25, 0.3) is 0 Å².